The van der Waals surface area contributed by atoms with E-state index in [1.165, 1.54) is 17.0 Å². The first-order valence-electron chi connectivity index (χ1n) is 15.0. The molecule has 0 unspecified atom stereocenters. The zero-order valence-electron chi connectivity index (χ0n) is 26.7. The highest BCUT2D eigenvalue weighted by atomic mass is 16.6. The quantitative estimate of drug-likeness (QED) is 0.0848. The second-order valence-electron chi connectivity index (χ2n) is 11.2. The SMILES string of the molecule is CCOc1cc(C=Nn2c(-c3cc(C(C)C)c(OC)cc3C)nc3ccccc3c2=O)cc([N+](=O)[O-])c1OCc1cccc(C)c1. The molecular formula is C36H36N4O6. The summed E-state index contributed by atoms with van der Waals surface area (Å²) in [6.45, 7) is 10.2. The number of ether oxygens (including phenoxy) is 3. The fourth-order valence-corrected chi connectivity index (χ4v) is 5.28. The van der Waals surface area contributed by atoms with Crippen molar-refractivity contribution in [2.24, 2.45) is 5.10 Å². The van der Waals surface area contributed by atoms with Crippen LogP contribution in [0.1, 0.15) is 54.5 Å². The summed E-state index contributed by atoms with van der Waals surface area (Å²) in [4.78, 5) is 30.4. The van der Waals surface area contributed by atoms with E-state index in [-0.39, 0.29) is 41.9 Å². The van der Waals surface area contributed by atoms with Gasteiger partial charge in [-0.25, -0.2) is 4.98 Å². The molecule has 236 valence electrons. The molecule has 0 saturated carbocycles. The second-order valence-corrected chi connectivity index (χ2v) is 11.2. The van der Waals surface area contributed by atoms with E-state index in [9.17, 15) is 14.9 Å². The number of nitro benzene ring substituents is 1. The molecular weight excluding hydrogens is 584 g/mol. The van der Waals surface area contributed by atoms with Gasteiger partial charge in [0.2, 0.25) is 5.75 Å². The van der Waals surface area contributed by atoms with Gasteiger partial charge >= 0.3 is 5.69 Å². The van der Waals surface area contributed by atoms with Crippen molar-refractivity contribution < 1.29 is 19.1 Å². The topological polar surface area (TPSA) is 118 Å². The maximum atomic E-state index is 13.9. The highest BCUT2D eigenvalue weighted by Gasteiger charge is 2.23. The summed E-state index contributed by atoms with van der Waals surface area (Å²) < 4.78 is 18.6. The number of methoxy groups -OCH3 is 1. The van der Waals surface area contributed by atoms with Crippen LogP contribution in [0.4, 0.5) is 5.69 Å². The molecule has 4 aromatic carbocycles. The number of hydrogen-bond acceptors (Lipinski definition) is 8. The monoisotopic (exact) mass is 620 g/mol. The summed E-state index contributed by atoms with van der Waals surface area (Å²) in [5.74, 6) is 1.44. The van der Waals surface area contributed by atoms with Crippen molar-refractivity contribution in [1.82, 2.24) is 9.66 Å². The van der Waals surface area contributed by atoms with Gasteiger partial charge in [-0.2, -0.15) is 9.78 Å². The number of para-hydroxylation sites is 1. The molecule has 0 saturated heterocycles. The van der Waals surface area contributed by atoms with Crippen LogP contribution in [0.25, 0.3) is 22.3 Å². The second kappa shape index (κ2) is 13.6. The summed E-state index contributed by atoms with van der Waals surface area (Å²) in [5.41, 5.74) is 4.65. The smallest absolute Gasteiger partial charge is 0.315 e. The van der Waals surface area contributed by atoms with E-state index in [4.69, 9.17) is 19.2 Å². The molecule has 0 atom stereocenters. The van der Waals surface area contributed by atoms with E-state index in [0.29, 0.717) is 27.9 Å². The third-order valence-corrected chi connectivity index (χ3v) is 7.54. The van der Waals surface area contributed by atoms with Crippen LogP contribution >= 0.6 is 0 Å². The molecule has 0 spiro atoms. The lowest BCUT2D eigenvalue weighted by Crippen LogP contribution is -2.21. The molecule has 10 nitrogen and oxygen atoms in total. The van der Waals surface area contributed by atoms with Crippen molar-refractivity contribution in [3.63, 3.8) is 0 Å². The molecule has 1 aromatic heterocycles. The number of benzene rings is 4. The normalized spacial score (nSPS) is 11.4. The molecule has 0 bridgehead atoms. The average Bonchev–Trinajstić information content (AvgIpc) is 3.03. The predicted octanol–water partition coefficient (Wildman–Crippen LogP) is 7.58. The Morgan fingerprint density at radius 2 is 1.78 bits per heavy atom. The number of nitro groups is 1. The van der Waals surface area contributed by atoms with E-state index in [1.54, 1.807) is 38.3 Å². The van der Waals surface area contributed by atoms with E-state index < -0.39 is 4.92 Å². The lowest BCUT2D eigenvalue weighted by Gasteiger charge is -2.17. The number of hydrogen-bond donors (Lipinski definition) is 0. The lowest BCUT2D eigenvalue weighted by atomic mass is 9.96. The van der Waals surface area contributed by atoms with Gasteiger partial charge in [-0.1, -0.05) is 55.8 Å². The average molecular weight is 621 g/mol. The van der Waals surface area contributed by atoms with Crippen LogP contribution in [-0.2, 0) is 6.61 Å². The first-order valence-corrected chi connectivity index (χ1v) is 15.0. The minimum Gasteiger partial charge on any atom is -0.496 e. The summed E-state index contributed by atoms with van der Waals surface area (Å²) in [7, 11) is 1.63. The van der Waals surface area contributed by atoms with E-state index in [2.05, 4.69) is 18.9 Å². The van der Waals surface area contributed by atoms with Gasteiger partial charge in [0.05, 0.1) is 35.8 Å². The van der Waals surface area contributed by atoms with Crippen LogP contribution in [0, 0.1) is 24.0 Å². The van der Waals surface area contributed by atoms with Crippen LogP contribution in [-0.4, -0.2) is 34.5 Å². The summed E-state index contributed by atoms with van der Waals surface area (Å²) in [6.07, 6.45) is 1.39. The number of nitrogens with zero attached hydrogens (tertiary/aromatic N) is 4. The van der Waals surface area contributed by atoms with E-state index >= 15 is 0 Å². The summed E-state index contributed by atoms with van der Waals surface area (Å²) in [5, 5.41) is 17.2. The molecule has 10 heteroatoms. The molecule has 0 aliphatic heterocycles. The fraction of sp³-hybridized carbons (Fsp3) is 0.250. The van der Waals surface area contributed by atoms with Crippen LogP contribution < -0.4 is 19.8 Å². The van der Waals surface area contributed by atoms with Gasteiger partial charge in [0.15, 0.2) is 11.6 Å². The van der Waals surface area contributed by atoms with Crippen LogP contribution in [0.5, 0.6) is 17.2 Å². The molecule has 0 fully saturated rings. The van der Waals surface area contributed by atoms with Gasteiger partial charge in [-0.05, 0) is 73.7 Å². The summed E-state index contributed by atoms with van der Waals surface area (Å²) in [6, 6.07) is 21.6. The first-order chi connectivity index (χ1) is 22.1. The van der Waals surface area contributed by atoms with Crippen molar-refractivity contribution in [2.45, 2.75) is 47.1 Å². The summed E-state index contributed by atoms with van der Waals surface area (Å²) >= 11 is 0. The van der Waals surface area contributed by atoms with Crippen LogP contribution in [0.3, 0.4) is 0 Å². The Labute approximate surface area is 267 Å². The van der Waals surface area contributed by atoms with Gasteiger partial charge < -0.3 is 14.2 Å². The minimum atomic E-state index is -0.519. The Kier molecular flexibility index (Phi) is 9.46. The predicted molar refractivity (Wildman–Crippen MR) is 180 cm³/mol. The van der Waals surface area contributed by atoms with Gasteiger partial charge in [0, 0.05) is 17.2 Å². The molecule has 46 heavy (non-hydrogen) atoms. The highest BCUT2D eigenvalue weighted by molar-refractivity contribution is 5.84. The Morgan fingerprint density at radius 3 is 2.48 bits per heavy atom. The van der Waals surface area contributed by atoms with Crippen molar-refractivity contribution in [1.29, 1.82) is 0 Å². The third-order valence-electron chi connectivity index (χ3n) is 7.54. The molecule has 1 heterocycles. The first kappa shape index (κ1) is 31.9. The number of aromatic nitrogens is 2. The molecule has 0 amide bonds. The van der Waals surface area contributed by atoms with Gasteiger partial charge in [-0.15, -0.1) is 0 Å². The Balaban J connectivity index is 1.65. The Bertz CT molecular complexity index is 2020. The van der Waals surface area contributed by atoms with Gasteiger partial charge in [0.1, 0.15) is 12.4 Å². The Hall–Kier alpha value is -5.51. The number of rotatable bonds is 11. The highest BCUT2D eigenvalue weighted by Crippen LogP contribution is 2.39. The molecule has 5 aromatic rings. The fourth-order valence-electron chi connectivity index (χ4n) is 5.28. The molecule has 5 rings (SSSR count). The van der Waals surface area contributed by atoms with E-state index in [0.717, 1.165) is 28.0 Å². The molecule has 0 aliphatic carbocycles. The zero-order valence-corrected chi connectivity index (χ0v) is 26.7. The van der Waals surface area contributed by atoms with Gasteiger partial charge in [-0.3, -0.25) is 14.9 Å². The van der Waals surface area contributed by atoms with E-state index in [1.807, 2.05) is 56.3 Å². The minimum absolute atomic E-state index is 0.0193. The van der Waals surface area contributed by atoms with Crippen molar-refractivity contribution in [2.75, 3.05) is 13.7 Å². The lowest BCUT2D eigenvalue weighted by molar-refractivity contribution is -0.386. The number of fused-ring (bicyclic) bond motifs is 1. The molecule has 0 aliphatic rings. The van der Waals surface area contributed by atoms with Crippen LogP contribution in [0.15, 0.2) is 82.7 Å². The van der Waals surface area contributed by atoms with Crippen molar-refractivity contribution in [3.05, 3.63) is 121 Å². The van der Waals surface area contributed by atoms with Crippen molar-refractivity contribution in [3.8, 4) is 28.6 Å². The number of aryl methyl sites for hydroxylation is 2. The maximum absolute atomic E-state index is 13.9. The maximum Gasteiger partial charge on any atom is 0.315 e. The van der Waals surface area contributed by atoms with Crippen LogP contribution in [0.2, 0.25) is 0 Å². The van der Waals surface area contributed by atoms with Crippen molar-refractivity contribution >= 4 is 22.8 Å². The zero-order chi connectivity index (χ0) is 33.0. The molecule has 0 N–H and O–H groups in total. The van der Waals surface area contributed by atoms with Gasteiger partial charge in [0.25, 0.3) is 5.56 Å². The third kappa shape index (κ3) is 6.61. The largest absolute Gasteiger partial charge is 0.496 e. The Morgan fingerprint density at radius 1 is 1.00 bits per heavy atom. The molecule has 0 radical (unpaired) electrons. The standard InChI is InChI=1S/C36H36N4O6/c1-7-45-33-18-26(17-31(40(42)43)34(33)46-21-25-12-10-11-23(4)15-25)20-37-39-35(38-30-14-9-8-13-27(30)36(39)41)29-19-28(22(2)3)32(44-6)16-24(29)5/h8-20,22H,7,21H2,1-6H3.